The molecule has 13 heavy (non-hydrogen) atoms. The molecule has 0 unspecified atom stereocenters. The van der Waals surface area contributed by atoms with Gasteiger partial charge in [-0.3, -0.25) is 4.79 Å². The molecule has 1 rings (SSSR count). The lowest BCUT2D eigenvalue weighted by atomic mass is 10.1. The fourth-order valence-corrected chi connectivity index (χ4v) is 1.40. The van der Waals surface area contributed by atoms with Gasteiger partial charge in [0.2, 0.25) is 0 Å². The minimum Gasteiger partial charge on any atom is -0.398 e. The van der Waals surface area contributed by atoms with E-state index in [1.807, 2.05) is 0 Å². The molecule has 0 radical (unpaired) electrons. The van der Waals surface area contributed by atoms with E-state index in [9.17, 15) is 4.79 Å². The van der Waals surface area contributed by atoms with Crippen LogP contribution in [0.5, 0.6) is 0 Å². The van der Waals surface area contributed by atoms with Gasteiger partial charge in [0.05, 0.1) is 6.61 Å². The third-order valence-corrected chi connectivity index (χ3v) is 2.15. The monoisotopic (exact) mass is 243 g/mol. The summed E-state index contributed by atoms with van der Waals surface area (Å²) in [6.45, 7) is -0.145. The Morgan fingerprint density at radius 1 is 1.54 bits per heavy atom. The Hall–Kier alpha value is -0.870. The molecule has 0 atom stereocenters. The van der Waals surface area contributed by atoms with Gasteiger partial charge < -0.3 is 10.8 Å². The maximum atomic E-state index is 11.3. The lowest BCUT2D eigenvalue weighted by molar-refractivity contribution is 0.0957. The van der Waals surface area contributed by atoms with E-state index in [-0.39, 0.29) is 18.8 Å². The summed E-state index contributed by atoms with van der Waals surface area (Å²) in [6.07, 6.45) is 0.117. The van der Waals surface area contributed by atoms with Crippen molar-refractivity contribution in [3.63, 3.8) is 0 Å². The van der Waals surface area contributed by atoms with E-state index in [0.29, 0.717) is 11.3 Å². The van der Waals surface area contributed by atoms with Crippen LogP contribution in [-0.4, -0.2) is 17.5 Å². The van der Waals surface area contributed by atoms with E-state index in [4.69, 9.17) is 10.8 Å². The minimum atomic E-state index is -0.145. The predicted molar refractivity (Wildman–Crippen MR) is 54.6 cm³/mol. The first kappa shape index (κ1) is 10.2. The van der Waals surface area contributed by atoms with Gasteiger partial charge in [-0.25, -0.2) is 0 Å². The van der Waals surface area contributed by atoms with Crippen molar-refractivity contribution in [2.45, 2.75) is 6.42 Å². The Morgan fingerprint density at radius 3 is 2.77 bits per heavy atom. The summed E-state index contributed by atoms with van der Waals surface area (Å²) < 4.78 is 0.838. The Morgan fingerprint density at radius 2 is 2.23 bits per heavy atom. The highest BCUT2D eigenvalue weighted by Gasteiger charge is 2.08. The number of hydrogen-bond acceptors (Lipinski definition) is 3. The molecular formula is C9H10BrNO2. The van der Waals surface area contributed by atoms with Crippen LogP contribution in [-0.2, 0) is 0 Å². The second-order valence-electron chi connectivity index (χ2n) is 2.63. The average Bonchev–Trinajstić information content (AvgIpc) is 2.04. The lowest BCUT2D eigenvalue weighted by Crippen LogP contribution is -2.05. The van der Waals surface area contributed by atoms with Crippen molar-refractivity contribution in [3.8, 4) is 0 Å². The molecule has 3 nitrogen and oxygen atoms in total. The zero-order valence-corrected chi connectivity index (χ0v) is 8.54. The maximum absolute atomic E-state index is 11.3. The number of hydrogen-bond donors (Lipinski definition) is 2. The number of benzene rings is 1. The highest BCUT2D eigenvalue weighted by Crippen LogP contribution is 2.19. The second kappa shape index (κ2) is 4.39. The van der Waals surface area contributed by atoms with Crippen molar-refractivity contribution in [2.24, 2.45) is 0 Å². The van der Waals surface area contributed by atoms with Crippen LogP contribution in [0.25, 0.3) is 0 Å². The summed E-state index contributed by atoms with van der Waals surface area (Å²) in [5.74, 6) is -0.132. The van der Waals surface area contributed by atoms with Gasteiger partial charge in [-0.1, -0.05) is 15.9 Å². The molecule has 0 spiro atoms. The molecular weight excluding hydrogens is 234 g/mol. The summed E-state index contributed by atoms with van der Waals surface area (Å²) in [6, 6.07) is 5.07. The number of nitrogen functional groups attached to an aromatic ring is 1. The second-order valence-corrected chi connectivity index (χ2v) is 3.54. The molecule has 0 saturated heterocycles. The van der Waals surface area contributed by atoms with Crippen LogP contribution < -0.4 is 5.73 Å². The van der Waals surface area contributed by atoms with Gasteiger partial charge in [0.15, 0.2) is 5.78 Å². The van der Waals surface area contributed by atoms with Crippen molar-refractivity contribution in [3.05, 3.63) is 28.2 Å². The summed E-state index contributed by atoms with van der Waals surface area (Å²) in [5.41, 5.74) is 6.53. The van der Waals surface area contributed by atoms with Crippen molar-refractivity contribution in [1.82, 2.24) is 0 Å². The molecule has 0 aliphatic rings. The van der Waals surface area contributed by atoms with Gasteiger partial charge in [0.1, 0.15) is 0 Å². The van der Waals surface area contributed by atoms with Crippen LogP contribution in [0.2, 0.25) is 0 Å². The summed E-state index contributed by atoms with van der Waals surface area (Å²) >= 11 is 3.24. The van der Waals surface area contributed by atoms with Gasteiger partial charge in [0.25, 0.3) is 0 Å². The molecule has 0 saturated carbocycles. The van der Waals surface area contributed by atoms with Crippen molar-refractivity contribution in [2.75, 3.05) is 12.3 Å². The summed E-state index contributed by atoms with van der Waals surface area (Å²) in [4.78, 5) is 11.3. The first-order valence-corrected chi connectivity index (χ1v) is 4.63. The first-order chi connectivity index (χ1) is 6.15. The number of aliphatic hydroxyl groups excluding tert-OH is 1. The van der Waals surface area contributed by atoms with Gasteiger partial charge >= 0.3 is 0 Å². The van der Waals surface area contributed by atoms with Crippen LogP contribution in [0, 0.1) is 0 Å². The summed E-state index contributed by atoms with van der Waals surface area (Å²) in [5, 5.41) is 8.57. The number of nitrogens with two attached hydrogens (primary N) is 1. The molecule has 70 valence electrons. The first-order valence-electron chi connectivity index (χ1n) is 3.84. The zero-order chi connectivity index (χ0) is 9.84. The van der Waals surface area contributed by atoms with E-state index in [0.717, 1.165) is 4.47 Å². The molecule has 0 aliphatic carbocycles. The number of rotatable bonds is 3. The molecule has 0 amide bonds. The normalized spacial score (nSPS) is 10.0. The van der Waals surface area contributed by atoms with Crippen LogP contribution in [0.1, 0.15) is 16.8 Å². The van der Waals surface area contributed by atoms with Gasteiger partial charge in [-0.05, 0) is 18.2 Å². The predicted octanol–water partition coefficient (Wildman–Crippen LogP) is 1.60. The number of anilines is 1. The number of ketones is 1. The molecule has 1 aromatic rings. The Bertz CT molecular complexity index is 325. The van der Waals surface area contributed by atoms with E-state index >= 15 is 0 Å². The van der Waals surface area contributed by atoms with Crippen molar-refractivity contribution < 1.29 is 9.90 Å². The minimum absolute atomic E-state index is 0.117. The van der Waals surface area contributed by atoms with Crippen LogP contribution in [0.4, 0.5) is 5.69 Å². The number of aliphatic hydroxyl groups is 1. The molecule has 1 aromatic carbocycles. The topological polar surface area (TPSA) is 63.3 Å². The Balaban J connectivity index is 2.95. The molecule has 3 N–H and O–H groups in total. The number of Topliss-reactive ketones (excluding diaryl/α,β-unsaturated/α-hetero) is 1. The third kappa shape index (κ3) is 2.54. The zero-order valence-electron chi connectivity index (χ0n) is 6.96. The van der Waals surface area contributed by atoms with Gasteiger partial charge in [-0.2, -0.15) is 0 Å². The quantitative estimate of drug-likeness (QED) is 0.627. The van der Waals surface area contributed by atoms with Gasteiger partial charge in [0, 0.05) is 22.1 Å². The summed E-state index contributed by atoms with van der Waals surface area (Å²) in [7, 11) is 0. The fraction of sp³-hybridized carbons (Fsp3) is 0.222. The highest BCUT2D eigenvalue weighted by molar-refractivity contribution is 9.10. The molecule has 0 fully saturated rings. The van der Waals surface area contributed by atoms with E-state index in [2.05, 4.69) is 15.9 Å². The average molecular weight is 244 g/mol. The van der Waals surface area contributed by atoms with Crippen molar-refractivity contribution >= 4 is 27.4 Å². The molecule has 0 heterocycles. The SMILES string of the molecule is Nc1cc(Br)ccc1C(=O)CCO. The van der Waals surface area contributed by atoms with E-state index < -0.39 is 0 Å². The highest BCUT2D eigenvalue weighted by atomic mass is 79.9. The molecule has 0 aromatic heterocycles. The van der Waals surface area contributed by atoms with Gasteiger partial charge in [-0.15, -0.1) is 0 Å². The standard InChI is InChI=1S/C9H10BrNO2/c10-6-1-2-7(8(11)5-6)9(13)3-4-12/h1-2,5,12H,3-4,11H2. The Kier molecular flexibility index (Phi) is 3.45. The van der Waals surface area contributed by atoms with Crippen LogP contribution >= 0.6 is 15.9 Å². The molecule has 4 heteroatoms. The van der Waals surface area contributed by atoms with Crippen LogP contribution in [0.15, 0.2) is 22.7 Å². The number of carbonyl (C=O) groups is 1. The van der Waals surface area contributed by atoms with Crippen LogP contribution in [0.3, 0.4) is 0 Å². The van der Waals surface area contributed by atoms with Crippen molar-refractivity contribution in [1.29, 1.82) is 0 Å². The third-order valence-electron chi connectivity index (χ3n) is 1.65. The largest absolute Gasteiger partial charge is 0.398 e. The lowest BCUT2D eigenvalue weighted by Gasteiger charge is -2.03. The fourth-order valence-electron chi connectivity index (χ4n) is 1.02. The van der Waals surface area contributed by atoms with E-state index in [1.54, 1.807) is 18.2 Å². The number of carbonyl (C=O) groups excluding carboxylic acids is 1. The molecule has 0 aliphatic heterocycles. The van der Waals surface area contributed by atoms with E-state index in [1.165, 1.54) is 0 Å². The molecule has 0 bridgehead atoms. The maximum Gasteiger partial charge on any atom is 0.167 e. The number of halogens is 1. The Labute approximate surface area is 84.7 Å². The smallest absolute Gasteiger partial charge is 0.167 e.